The summed E-state index contributed by atoms with van der Waals surface area (Å²) in [6.07, 6.45) is 3.10. The summed E-state index contributed by atoms with van der Waals surface area (Å²) in [5.41, 5.74) is 6.50. The van der Waals surface area contributed by atoms with Crippen molar-refractivity contribution in [3.63, 3.8) is 0 Å². The summed E-state index contributed by atoms with van der Waals surface area (Å²) in [5, 5.41) is 3.94. The molecule has 1 saturated heterocycles. The number of aromatic nitrogens is 2. The summed E-state index contributed by atoms with van der Waals surface area (Å²) in [5.74, 6) is 0.954. The number of nitrogens with two attached hydrogens (primary N) is 1. The third kappa shape index (κ3) is 3.46. The van der Waals surface area contributed by atoms with Gasteiger partial charge in [-0.1, -0.05) is 17.3 Å². The number of hydrogen-bond acceptors (Lipinski definition) is 5. The van der Waals surface area contributed by atoms with Crippen molar-refractivity contribution < 1.29 is 8.91 Å². The maximum absolute atomic E-state index is 13.3. The van der Waals surface area contributed by atoms with E-state index in [4.69, 9.17) is 10.3 Å². The predicted molar refractivity (Wildman–Crippen MR) is 75.7 cm³/mol. The van der Waals surface area contributed by atoms with Crippen molar-refractivity contribution in [2.75, 3.05) is 6.54 Å². The first-order valence-electron chi connectivity index (χ1n) is 7.24. The fraction of sp³-hybridized carbons (Fsp3) is 0.467. The zero-order valence-corrected chi connectivity index (χ0v) is 11.8. The molecule has 2 N–H and O–H groups in total. The molecule has 1 unspecified atom stereocenters. The smallest absolute Gasteiger partial charge is 0.240 e. The lowest BCUT2D eigenvalue weighted by Gasteiger charge is -2.23. The number of likely N-dealkylation sites (tertiary alicyclic amines) is 1. The second-order valence-electron chi connectivity index (χ2n) is 5.41. The van der Waals surface area contributed by atoms with Crippen LogP contribution in [-0.2, 0) is 19.5 Å². The molecule has 21 heavy (non-hydrogen) atoms. The lowest BCUT2D eigenvalue weighted by atomic mass is 10.0. The SMILES string of the molecule is NCc1nc(CN2CCCC2Cc2cccc(F)c2)no1. The minimum Gasteiger partial charge on any atom is -0.338 e. The van der Waals surface area contributed by atoms with Gasteiger partial charge in [-0.05, 0) is 43.5 Å². The maximum Gasteiger partial charge on any atom is 0.240 e. The highest BCUT2D eigenvalue weighted by atomic mass is 19.1. The fourth-order valence-corrected chi connectivity index (χ4v) is 2.89. The highest BCUT2D eigenvalue weighted by Crippen LogP contribution is 2.23. The Morgan fingerprint density at radius 2 is 2.33 bits per heavy atom. The Kier molecular flexibility index (Phi) is 4.26. The van der Waals surface area contributed by atoms with Gasteiger partial charge in [0.2, 0.25) is 5.89 Å². The van der Waals surface area contributed by atoms with E-state index in [2.05, 4.69) is 15.0 Å². The Morgan fingerprint density at radius 3 is 3.10 bits per heavy atom. The van der Waals surface area contributed by atoms with E-state index in [0.29, 0.717) is 24.3 Å². The Hall–Kier alpha value is -1.79. The summed E-state index contributed by atoms with van der Waals surface area (Å²) in [6.45, 7) is 1.93. The van der Waals surface area contributed by atoms with Crippen LogP contribution in [0.25, 0.3) is 0 Å². The largest absolute Gasteiger partial charge is 0.338 e. The third-order valence-corrected chi connectivity index (χ3v) is 3.89. The van der Waals surface area contributed by atoms with Crippen molar-refractivity contribution in [1.29, 1.82) is 0 Å². The minimum atomic E-state index is -0.178. The molecule has 0 bridgehead atoms. The van der Waals surface area contributed by atoms with Crippen molar-refractivity contribution in [1.82, 2.24) is 15.0 Å². The highest BCUT2D eigenvalue weighted by Gasteiger charge is 2.26. The first kappa shape index (κ1) is 14.2. The monoisotopic (exact) mass is 290 g/mol. The van der Waals surface area contributed by atoms with Gasteiger partial charge in [-0.2, -0.15) is 4.98 Å². The molecule has 0 amide bonds. The zero-order chi connectivity index (χ0) is 14.7. The third-order valence-electron chi connectivity index (χ3n) is 3.89. The summed E-state index contributed by atoms with van der Waals surface area (Å²) in [6, 6.07) is 7.21. The van der Waals surface area contributed by atoms with Crippen molar-refractivity contribution in [3.8, 4) is 0 Å². The second kappa shape index (κ2) is 6.32. The van der Waals surface area contributed by atoms with Crippen LogP contribution in [0.1, 0.15) is 30.1 Å². The van der Waals surface area contributed by atoms with Gasteiger partial charge in [0.15, 0.2) is 5.82 Å². The van der Waals surface area contributed by atoms with Crippen molar-refractivity contribution >= 4 is 0 Å². The Bertz CT molecular complexity index is 601. The van der Waals surface area contributed by atoms with Gasteiger partial charge in [0.1, 0.15) is 5.82 Å². The van der Waals surface area contributed by atoms with E-state index in [-0.39, 0.29) is 12.4 Å². The van der Waals surface area contributed by atoms with Crippen LogP contribution in [-0.4, -0.2) is 27.6 Å². The molecule has 0 aliphatic carbocycles. The number of rotatable bonds is 5. The number of hydrogen-bond donors (Lipinski definition) is 1. The van der Waals surface area contributed by atoms with E-state index in [1.165, 1.54) is 6.07 Å². The van der Waals surface area contributed by atoms with Crippen LogP contribution in [0, 0.1) is 5.82 Å². The van der Waals surface area contributed by atoms with Crippen molar-refractivity contribution in [3.05, 3.63) is 47.4 Å². The topological polar surface area (TPSA) is 68.2 Å². The second-order valence-corrected chi connectivity index (χ2v) is 5.41. The van der Waals surface area contributed by atoms with Crippen LogP contribution in [0.2, 0.25) is 0 Å². The first-order valence-corrected chi connectivity index (χ1v) is 7.24. The Balaban J connectivity index is 1.65. The maximum atomic E-state index is 13.3. The molecule has 0 spiro atoms. The van der Waals surface area contributed by atoms with Gasteiger partial charge >= 0.3 is 0 Å². The summed E-state index contributed by atoms with van der Waals surface area (Å²) >= 11 is 0. The average Bonchev–Trinajstić information content (AvgIpc) is 3.09. The zero-order valence-electron chi connectivity index (χ0n) is 11.8. The number of benzene rings is 1. The molecule has 1 atom stereocenters. The molecular weight excluding hydrogens is 271 g/mol. The summed E-state index contributed by atoms with van der Waals surface area (Å²) < 4.78 is 18.3. The van der Waals surface area contributed by atoms with Gasteiger partial charge in [0, 0.05) is 6.04 Å². The van der Waals surface area contributed by atoms with E-state index in [1.807, 2.05) is 6.07 Å². The molecule has 1 aliphatic rings. The minimum absolute atomic E-state index is 0.178. The number of nitrogens with zero attached hydrogens (tertiary/aromatic N) is 3. The van der Waals surface area contributed by atoms with Crippen LogP contribution in [0.5, 0.6) is 0 Å². The molecule has 1 aliphatic heterocycles. The molecule has 6 heteroatoms. The molecule has 1 aromatic heterocycles. The normalized spacial score (nSPS) is 19.2. The van der Waals surface area contributed by atoms with Crippen LogP contribution in [0.4, 0.5) is 4.39 Å². The molecule has 0 radical (unpaired) electrons. The summed E-state index contributed by atoms with van der Waals surface area (Å²) in [4.78, 5) is 6.57. The van der Waals surface area contributed by atoms with Crippen molar-refractivity contribution in [2.24, 2.45) is 5.73 Å². The molecule has 3 rings (SSSR count). The van der Waals surface area contributed by atoms with E-state index < -0.39 is 0 Å². The van der Waals surface area contributed by atoms with Gasteiger partial charge < -0.3 is 10.3 Å². The molecular formula is C15H19FN4O. The Morgan fingerprint density at radius 1 is 1.43 bits per heavy atom. The average molecular weight is 290 g/mol. The van der Waals surface area contributed by atoms with Crippen LogP contribution >= 0.6 is 0 Å². The predicted octanol–water partition coefficient (Wildman–Crippen LogP) is 1.87. The van der Waals surface area contributed by atoms with E-state index in [0.717, 1.165) is 31.4 Å². The standard InChI is InChI=1S/C15H19FN4O/c16-12-4-1-3-11(7-12)8-13-5-2-6-20(13)10-14-18-15(9-17)21-19-14/h1,3-4,7,13H,2,5-6,8-10,17H2. The lowest BCUT2D eigenvalue weighted by Crippen LogP contribution is -2.31. The van der Waals surface area contributed by atoms with Crippen molar-refractivity contribution in [2.45, 2.75) is 38.4 Å². The molecule has 1 fully saturated rings. The van der Waals surface area contributed by atoms with Gasteiger partial charge in [0.05, 0.1) is 13.1 Å². The quantitative estimate of drug-likeness (QED) is 0.910. The molecule has 2 heterocycles. The van der Waals surface area contributed by atoms with E-state index in [9.17, 15) is 4.39 Å². The molecule has 1 aromatic carbocycles. The fourth-order valence-electron chi connectivity index (χ4n) is 2.89. The molecule has 0 saturated carbocycles. The highest BCUT2D eigenvalue weighted by molar-refractivity contribution is 5.17. The van der Waals surface area contributed by atoms with Gasteiger partial charge in [0.25, 0.3) is 0 Å². The lowest BCUT2D eigenvalue weighted by molar-refractivity contribution is 0.234. The van der Waals surface area contributed by atoms with Crippen LogP contribution < -0.4 is 5.73 Å². The van der Waals surface area contributed by atoms with Crippen LogP contribution in [0.15, 0.2) is 28.8 Å². The van der Waals surface area contributed by atoms with E-state index >= 15 is 0 Å². The molecule has 5 nitrogen and oxygen atoms in total. The van der Waals surface area contributed by atoms with Gasteiger partial charge in [-0.25, -0.2) is 4.39 Å². The van der Waals surface area contributed by atoms with E-state index in [1.54, 1.807) is 12.1 Å². The summed E-state index contributed by atoms with van der Waals surface area (Å²) in [7, 11) is 0. The van der Waals surface area contributed by atoms with Crippen LogP contribution in [0.3, 0.4) is 0 Å². The van der Waals surface area contributed by atoms with Gasteiger partial charge in [-0.3, -0.25) is 4.90 Å². The van der Waals surface area contributed by atoms with Gasteiger partial charge in [-0.15, -0.1) is 0 Å². The molecule has 112 valence electrons. The Labute approximate surface area is 122 Å². The molecule has 2 aromatic rings. The number of halogens is 1. The first-order chi connectivity index (χ1) is 10.2.